The largest absolute Gasteiger partial charge is 0.507 e. The van der Waals surface area contributed by atoms with Gasteiger partial charge in [0, 0.05) is 17.7 Å². The number of benzene rings is 2. The van der Waals surface area contributed by atoms with E-state index in [0.717, 1.165) is 24.3 Å². The second kappa shape index (κ2) is 11.4. The van der Waals surface area contributed by atoms with Gasteiger partial charge in [-0.15, -0.1) is 0 Å². The fraction of sp³-hybridized carbons (Fsp3) is 0.423. The maximum atomic E-state index is 12.0. The van der Waals surface area contributed by atoms with Crippen LogP contribution >= 0.6 is 0 Å². The van der Waals surface area contributed by atoms with E-state index in [1.807, 2.05) is 0 Å². The molecule has 41 heavy (non-hydrogen) atoms. The molecule has 9 atom stereocenters. The zero-order valence-electron chi connectivity index (χ0n) is 21.0. The van der Waals surface area contributed by atoms with Crippen molar-refractivity contribution in [2.45, 2.75) is 55.3 Å². The lowest BCUT2D eigenvalue weighted by molar-refractivity contribution is -0.344. The smallest absolute Gasteiger partial charge is 0.229 e. The van der Waals surface area contributed by atoms with E-state index >= 15 is 0 Å². The maximum Gasteiger partial charge on any atom is 0.229 e. The molecule has 2 saturated heterocycles. The molecule has 0 radical (unpaired) electrons. The van der Waals surface area contributed by atoms with E-state index < -0.39 is 91.2 Å². The molecule has 0 spiro atoms. The van der Waals surface area contributed by atoms with Gasteiger partial charge in [0.2, 0.25) is 6.29 Å². The number of aliphatic hydroxyl groups excluding tert-OH is 6. The Morgan fingerprint density at radius 2 is 1.59 bits per heavy atom. The van der Waals surface area contributed by atoms with Crippen LogP contribution in [-0.2, 0) is 14.2 Å². The van der Waals surface area contributed by atoms with E-state index in [4.69, 9.17) is 23.4 Å². The van der Waals surface area contributed by atoms with Crippen molar-refractivity contribution in [1.82, 2.24) is 0 Å². The van der Waals surface area contributed by atoms with Crippen LogP contribution in [0.25, 0.3) is 22.6 Å². The molecule has 0 amide bonds. The molecular formula is C26H28O15. The maximum absolute atomic E-state index is 12.0. The van der Waals surface area contributed by atoms with Crippen LogP contribution in [0.1, 0.15) is 0 Å². The van der Waals surface area contributed by atoms with Crippen LogP contribution in [0.4, 0.5) is 0 Å². The first kappa shape index (κ1) is 29.0. The van der Waals surface area contributed by atoms with Crippen molar-refractivity contribution in [2.75, 3.05) is 13.2 Å². The summed E-state index contributed by atoms with van der Waals surface area (Å²) in [6, 6.07) is 6.90. The van der Waals surface area contributed by atoms with Gasteiger partial charge in [-0.3, -0.25) is 4.79 Å². The van der Waals surface area contributed by atoms with Crippen LogP contribution in [0.3, 0.4) is 0 Å². The van der Waals surface area contributed by atoms with Crippen molar-refractivity contribution < 1.29 is 69.3 Å². The van der Waals surface area contributed by atoms with E-state index in [2.05, 4.69) is 0 Å². The quantitative estimate of drug-likeness (QED) is 0.145. The number of aromatic hydroxyl groups is 3. The summed E-state index contributed by atoms with van der Waals surface area (Å²) in [4.78, 5) is 12.0. The number of aliphatic hydroxyl groups is 6. The predicted octanol–water partition coefficient (Wildman–Crippen LogP) is -1.83. The third-order valence-electron chi connectivity index (χ3n) is 6.86. The van der Waals surface area contributed by atoms with E-state index in [9.17, 15) is 50.8 Å². The molecule has 222 valence electrons. The number of rotatable bonds is 6. The van der Waals surface area contributed by atoms with E-state index in [1.165, 1.54) is 12.1 Å². The van der Waals surface area contributed by atoms with Gasteiger partial charge in [-0.2, -0.15) is 0 Å². The van der Waals surface area contributed by atoms with E-state index in [-0.39, 0.29) is 28.4 Å². The van der Waals surface area contributed by atoms with Crippen molar-refractivity contribution in [2.24, 2.45) is 0 Å². The molecular weight excluding hydrogens is 552 g/mol. The van der Waals surface area contributed by atoms with Gasteiger partial charge in [0.25, 0.3) is 0 Å². The summed E-state index contributed by atoms with van der Waals surface area (Å²) < 4.78 is 28.4. The highest BCUT2D eigenvalue weighted by Crippen LogP contribution is 2.43. The first-order chi connectivity index (χ1) is 19.5. The molecule has 15 nitrogen and oxygen atoms in total. The summed E-state index contributed by atoms with van der Waals surface area (Å²) in [6.07, 6.45) is -14.7. The molecule has 0 bridgehead atoms. The lowest BCUT2D eigenvalue weighted by Crippen LogP contribution is -2.63. The number of phenolic OH excluding ortho intramolecular Hbond substituents is 3. The average molecular weight is 580 g/mol. The molecule has 1 aromatic rings. The van der Waals surface area contributed by atoms with Crippen molar-refractivity contribution in [3.8, 4) is 45.6 Å². The molecule has 0 saturated carbocycles. The Bertz CT molecular complexity index is 1410. The van der Waals surface area contributed by atoms with Crippen LogP contribution in [0.15, 0.2) is 45.6 Å². The third kappa shape index (κ3) is 5.54. The van der Waals surface area contributed by atoms with Gasteiger partial charge in [0.15, 0.2) is 40.8 Å². The molecule has 15 heteroatoms. The van der Waals surface area contributed by atoms with Crippen molar-refractivity contribution in [3.63, 3.8) is 0 Å². The topological polar surface area (TPSA) is 249 Å². The second-order valence-electron chi connectivity index (χ2n) is 9.67. The van der Waals surface area contributed by atoms with Crippen molar-refractivity contribution >= 4 is 0 Å². The van der Waals surface area contributed by atoms with E-state index in [0.29, 0.717) is 0 Å². The lowest BCUT2D eigenvalue weighted by Gasteiger charge is -2.44. The Morgan fingerprint density at radius 3 is 2.29 bits per heavy atom. The fourth-order valence-electron chi connectivity index (χ4n) is 4.60. The fourth-order valence-corrected chi connectivity index (χ4v) is 4.60. The van der Waals surface area contributed by atoms with Crippen LogP contribution in [0, 0.1) is 0 Å². The van der Waals surface area contributed by atoms with Crippen LogP contribution < -0.4 is 10.2 Å². The summed E-state index contributed by atoms with van der Waals surface area (Å²) in [7, 11) is 0. The van der Waals surface area contributed by atoms with Gasteiger partial charge in [0.05, 0.1) is 18.8 Å². The highest BCUT2D eigenvalue weighted by molar-refractivity contribution is 5.76. The summed E-state index contributed by atoms with van der Waals surface area (Å²) in [6.45, 7) is -1.19. The number of hydrogen-bond donors (Lipinski definition) is 9. The minimum absolute atomic E-state index is 0.0158. The number of fused-ring (bicyclic) bond motifs is 1. The van der Waals surface area contributed by atoms with Crippen LogP contribution in [0.5, 0.6) is 23.0 Å². The molecule has 3 aliphatic heterocycles. The van der Waals surface area contributed by atoms with Crippen LogP contribution in [0.2, 0.25) is 0 Å². The first-order valence-electron chi connectivity index (χ1n) is 12.4. The predicted molar refractivity (Wildman–Crippen MR) is 133 cm³/mol. The average Bonchev–Trinajstić information content (AvgIpc) is 2.94. The first-order valence-corrected chi connectivity index (χ1v) is 12.4. The lowest BCUT2D eigenvalue weighted by atomic mass is 9.98. The summed E-state index contributed by atoms with van der Waals surface area (Å²) in [5.74, 6) is -1.86. The Kier molecular flexibility index (Phi) is 8.06. The van der Waals surface area contributed by atoms with Crippen molar-refractivity contribution in [1.29, 1.82) is 0 Å². The zero-order valence-corrected chi connectivity index (χ0v) is 21.0. The molecule has 2 fully saturated rings. The monoisotopic (exact) mass is 580 g/mol. The van der Waals surface area contributed by atoms with Gasteiger partial charge in [-0.25, -0.2) is 0 Å². The molecule has 1 aliphatic carbocycles. The van der Waals surface area contributed by atoms with Crippen molar-refractivity contribution in [3.05, 3.63) is 46.6 Å². The molecule has 3 heterocycles. The zero-order chi connectivity index (χ0) is 29.6. The Morgan fingerprint density at radius 1 is 0.829 bits per heavy atom. The Hall–Kier alpha value is -3.51. The highest BCUT2D eigenvalue weighted by Gasteiger charge is 2.50. The molecule has 5 rings (SSSR count). The summed E-state index contributed by atoms with van der Waals surface area (Å²) in [5, 5.41) is 91.4. The van der Waals surface area contributed by atoms with Gasteiger partial charge in [-0.05, 0) is 24.3 Å². The molecule has 9 N–H and O–H groups in total. The van der Waals surface area contributed by atoms with Gasteiger partial charge in [0.1, 0.15) is 48.1 Å². The van der Waals surface area contributed by atoms with Gasteiger partial charge in [-0.1, -0.05) is 0 Å². The minimum Gasteiger partial charge on any atom is -0.507 e. The molecule has 0 aromatic heterocycles. The SMILES string of the molecule is O=c1cc2oc(-c3ccc(O)c(O)c3)c(O[C@@H]3O[C@H](CO)[C@H](O)[C@H](O)[C@H]3O[C@@H]3OC[C@@H](O)[C@H](O)[C@H]3O)cc-2c(O)c1. The normalized spacial score (nSPS) is 32.2. The third-order valence-corrected chi connectivity index (χ3v) is 6.86. The number of phenols is 3. The second-order valence-corrected chi connectivity index (χ2v) is 9.67. The number of ether oxygens (including phenoxy) is 4. The summed E-state index contributed by atoms with van der Waals surface area (Å²) in [5.41, 5.74) is -0.428. The van der Waals surface area contributed by atoms with Gasteiger partial charge < -0.3 is 69.3 Å². The molecule has 4 aliphatic rings. The summed E-state index contributed by atoms with van der Waals surface area (Å²) >= 11 is 0. The minimum atomic E-state index is -1.80. The Balaban J connectivity index is 1.57. The van der Waals surface area contributed by atoms with E-state index in [1.54, 1.807) is 0 Å². The standard InChI is InChI=1S/C26H28O15/c27-7-18-20(34)21(35)24(41-25-22(36)19(33)15(32)8-37-25)26(40-18)39-17-6-11-13(30)4-10(28)5-16(11)38-23(17)9-1-2-12(29)14(31)3-9/h1-6,15,18-22,24-27,29-36H,7-8H2/t15-,18-,19+,20+,21+,22-,24-,25+,26-/m1/s1. The van der Waals surface area contributed by atoms with Gasteiger partial charge >= 0.3 is 0 Å². The highest BCUT2D eigenvalue weighted by atomic mass is 16.8. The Labute approximate surface area is 230 Å². The molecule has 0 unspecified atom stereocenters. The molecule has 1 aromatic carbocycles. The van der Waals surface area contributed by atoms with Crippen LogP contribution in [-0.4, -0.2) is 114 Å². The number of hydrogen-bond acceptors (Lipinski definition) is 15.